The zero-order chi connectivity index (χ0) is 14.7. The van der Waals surface area contributed by atoms with Crippen LogP contribution in [0.25, 0.3) is 0 Å². The number of nitrogens with zero attached hydrogens (tertiary/aromatic N) is 2. The van der Waals surface area contributed by atoms with Crippen molar-refractivity contribution >= 4 is 23.5 Å². The van der Waals surface area contributed by atoms with E-state index in [1.807, 2.05) is 48.5 Å². The lowest BCUT2D eigenvalue weighted by molar-refractivity contribution is -0.117. The molecule has 4 heteroatoms. The number of carbonyl (C=O) groups excluding carboxylic acids is 1. The normalized spacial score (nSPS) is 13.6. The van der Waals surface area contributed by atoms with Crippen LogP contribution < -0.4 is 10.6 Å². The van der Waals surface area contributed by atoms with Gasteiger partial charge in [-0.15, -0.1) is 0 Å². The monoisotopic (exact) mass is 279 g/mol. The Bertz CT molecular complexity index is 680. The van der Waals surface area contributed by atoms with E-state index in [0.717, 1.165) is 16.8 Å². The minimum atomic E-state index is 0.0812. The Hall–Kier alpha value is -2.62. The van der Waals surface area contributed by atoms with Crippen molar-refractivity contribution in [1.29, 1.82) is 0 Å². The SMILES string of the molecule is Nc1ccc2c(c1)C=NCCN2C(=O)Cc1ccccc1. The molecular formula is C17H17N3O. The summed E-state index contributed by atoms with van der Waals surface area (Å²) in [5, 5.41) is 0. The van der Waals surface area contributed by atoms with Crippen molar-refractivity contribution < 1.29 is 4.79 Å². The molecule has 0 bridgehead atoms. The predicted molar refractivity (Wildman–Crippen MR) is 85.8 cm³/mol. The number of anilines is 2. The Morgan fingerprint density at radius 2 is 2.00 bits per heavy atom. The maximum absolute atomic E-state index is 12.6. The first-order valence-electron chi connectivity index (χ1n) is 6.98. The van der Waals surface area contributed by atoms with Crippen LogP contribution in [0.2, 0.25) is 0 Å². The average molecular weight is 279 g/mol. The van der Waals surface area contributed by atoms with Crippen LogP contribution >= 0.6 is 0 Å². The number of fused-ring (bicyclic) bond motifs is 1. The van der Waals surface area contributed by atoms with Gasteiger partial charge in [0.05, 0.1) is 18.7 Å². The Labute approximate surface area is 123 Å². The van der Waals surface area contributed by atoms with Crippen LogP contribution in [0.1, 0.15) is 11.1 Å². The summed E-state index contributed by atoms with van der Waals surface area (Å²) in [5.41, 5.74) is 9.29. The maximum Gasteiger partial charge on any atom is 0.231 e. The molecule has 0 saturated carbocycles. The van der Waals surface area contributed by atoms with Gasteiger partial charge in [-0.25, -0.2) is 0 Å². The van der Waals surface area contributed by atoms with Crippen molar-refractivity contribution in [3.8, 4) is 0 Å². The highest BCUT2D eigenvalue weighted by atomic mass is 16.2. The molecule has 0 atom stereocenters. The van der Waals surface area contributed by atoms with Gasteiger partial charge >= 0.3 is 0 Å². The molecule has 4 nitrogen and oxygen atoms in total. The molecule has 1 aliphatic heterocycles. The molecule has 1 amide bonds. The van der Waals surface area contributed by atoms with E-state index in [0.29, 0.717) is 25.2 Å². The van der Waals surface area contributed by atoms with Gasteiger partial charge in [0.1, 0.15) is 0 Å². The fourth-order valence-corrected chi connectivity index (χ4v) is 2.49. The first-order chi connectivity index (χ1) is 10.2. The van der Waals surface area contributed by atoms with Crippen LogP contribution in [0.3, 0.4) is 0 Å². The lowest BCUT2D eigenvalue weighted by Gasteiger charge is -2.22. The number of benzodiazepines with no additional fused rings is 1. The Balaban J connectivity index is 1.88. The summed E-state index contributed by atoms with van der Waals surface area (Å²) in [7, 11) is 0. The summed E-state index contributed by atoms with van der Waals surface area (Å²) < 4.78 is 0. The van der Waals surface area contributed by atoms with E-state index in [1.165, 1.54) is 0 Å². The predicted octanol–water partition coefficient (Wildman–Crippen LogP) is 2.28. The molecular weight excluding hydrogens is 262 g/mol. The molecule has 0 fully saturated rings. The largest absolute Gasteiger partial charge is 0.399 e. The lowest BCUT2D eigenvalue weighted by atomic mass is 10.1. The van der Waals surface area contributed by atoms with Gasteiger partial charge in [-0.3, -0.25) is 9.79 Å². The number of aliphatic imine (C=N–C) groups is 1. The van der Waals surface area contributed by atoms with Crippen LogP contribution in [-0.2, 0) is 11.2 Å². The second-order valence-electron chi connectivity index (χ2n) is 5.06. The zero-order valence-corrected chi connectivity index (χ0v) is 11.7. The molecule has 0 aromatic heterocycles. The molecule has 0 unspecified atom stereocenters. The number of nitrogens with two attached hydrogens (primary N) is 1. The minimum Gasteiger partial charge on any atom is -0.399 e. The van der Waals surface area contributed by atoms with Crippen LogP contribution in [0, 0.1) is 0 Å². The Morgan fingerprint density at radius 1 is 1.19 bits per heavy atom. The number of amides is 1. The van der Waals surface area contributed by atoms with Gasteiger partial charge in [-0.1, -0.05) is 30.3 Å². The van der Waals surface area contributed by atoms with E-state index in [-0.39, 0.29) is 5.91 Å². The van der Waals surface area contributed by atoms with Crippen LogP contribution in [0.15, 0.2) is 53.5 Å². The molecule has 1 heterocycles. The van der Waals surface area contributed by atoms with E-state index in [9.17, 15) is 4.79 Å². The summed E-state index contributed by atoms with van der Waals surface area (Å²) in [5.74, 6) is 0.0812. The van der Waals surface area contributed by atoms with Crippen molar-refractivity contribution in [2.45, 2.75) is 6.42 Å². The molecule has 106 valence electrons. The Morgan fingerprint density at radius 3 is 2.81 bits per heavy atom. The Kier molecular flexibility index (Phi) is 3.69. The fraction of sp³-hybridized carbons (Fsp3) is 0.176. The smallest absolute Gasteiger partial charge is 0.231 e. The molecule has 3 rings (SSSR count). The average Bonchev–Trinajstić information content (AvgIpc) is 2.70. The number of nitrogen functional groups attached to an aromatic ring is 1. The molecule has 21 heavy (non-hydrogen) atoms. The van der Waals surface area contributed by atoms with Crippen molar-refractivity contribution in [2.24, 2.45) is 4.99 Å². The number of carbonyl (C=O) groups is 1. The van der Waals surface area contributed by atoms with E-state index in [4.69, 9.17) is 5.73 Å². The van der Waals surface area contributed by atoms with Crippen molar-refractivity contribution in [3.63, 3.8) is 0 Å². The maximum atomic E-state index is 12.6. The van der Waals surface area contributed by atoms with Crippen molar-refractivity contribution in [3.05, 3.63) is 59.7 Å². The van der Waals surface area contributed by atoms with Crippen LogP contribution in [0.5, 0.6) is 0 Å². The highest BCUT2D eigenvalue weighted by Gasteiger charge is 2.20. The van der Waals surface area contributed by atoms with Gasteiger partial charge < -0.3 is 10.6 Å². The number of hydrogen-bond acceptors (Lipinski definition) is 3. The quantitative estimate of drug-likeness (QED) is 0.857. The van der Waals surface area contributed by atoms with Crippen molar-refractivity contribution in [1.82, 2.24) is 0 Å². The highest BCUT2D eigenvalue weighted by molar-refractivity contribution is 6.01. The van der Waals surface area contributed by atoms with Crippen LogP contribution in [-0.4, -0.2) is 25.2 Å². The first-order valence-corrected chi connectivity index (χ1v) is 6.98. The van der Waals surface area contributed by atoms with Gasteiger partial charge in [0.15, 0.2) is 0 Å². The molecule has 2 aromatic rings. The summed E-state index contributed by atoms with van der Waals surface area (Å²) in [6.45, 7) is 1.20. The minimum absolute atomic E-state index is 0.0812. The van der Waals surface area contributed by atoms with Crippen LogP contribution in [0.4, 0.5) is 11.4 Å². The molecule has 2 aromatic carbocycles. The van der Waals surface area contributed by atoms with Gasteiger partial charge in [0, 0.05) is 24.0 Å². The molecule has 1 aliphatic rings. The third-order valence-electron chi connectivity index (χ3n) is 3.52. The molecule has 2 N–H and O–H groups in total. The molecule has 0 spiro atoms. The second-order valence-corrected chi connectivity index (χ2v) is 5.06. The summed E-state index contributed by atoms with van der Waals surface area (Å²) in [6.07, 6.45) is 2.19. The zero-order valence-electron chi connectivity index (χ0n) is 11.7. The lowest BCUT2D eigenvalue weighted by Crippen LogP contribution is -2.34. The summed E-state index contributed by atoms with van der Waals surface area (Å²) in [6, 6.07) is 15.3. The third-order valence-corrected chi connectivity index (χ3v) is 3.52. The van der Waals surface area contributed by atoms with Gasteiger partial charge in [-0.05, 0) is 23.8 Å². The third kappa shape index (κ3) is 2.94. The van der Waals surface area contributed by atoms with E-state index >= 15 is 0 Å². The van der Waals surface area contributed by atoms with E-state index in [1.54, 1.807) is 11.1 Å². The standard InChI is InChI=1S/C17H17N3O/c18-15-6-7-16-14(11-15)12-19-8-9-20(16)17(21)10-13-4-2-1-3-5-13/h1-7,11-12H,8-10,18H2. The molecule has 0 saturated heterocycles. The fourth-order valence-electron chi connectivity index (χ4n) is 2.49. The summed E-state index contributed by atoms with van der Waals surface area (Å²) >= 11 is 0. The van der Waals surface area contributed by atoms with Gasteiger partial charge in [0.2, 0.25) is 5.91 Å². The topological polar surface area (TPSA) is 58.7 Å². The van der Waals surface area contributed by atoms with Gasteiger partial charge in [0.25, 0.3) is 0 Å². The molecule has 0 aliphatic carbocycles. The van der Waals surface area contributed by atoms with Gasteiger partial charge in [-0.2, -0.15) is 0 Å². The number of hydrogen-bond donors (Lipinski definition) is 1. The van der Waals surface area contributed by atoms with Crippen molar-refractivity contribution in [2.75, 3.05) is 23.7 Å². The highest BCUT2D eigenvalue weighted by Crippen LogP contribution is 2.24. The second kappa shape index (κ2) is 5.79. The van der Waals surface area contributed by atoms with E-state index in [2.05, 4.69) is 4.99 Å². The number of rotatable bonds is 2. The summed E-state index contributed by atoms with van der Waals surface area (Å²) in [4.78, 5) is 18.7. The first kappa shape index (κ1) is 13.4. The molecule has 0 radical (unpaired) electrons. The number of benzene rings is 2. The van der Waals surface area contributed by atoms with E-state index < -0.39 is 0 Å².